The van der Waals surface area contributed by atoms with E-state index >= 15 is 0 Å². The summed E-state index contributed by atoms with van der Waals surface area (Å²) in [7, 11) is 0. The number of anilines is 1. The van der Waals surface area contributed by atoms with Crippen molar-refractivity contribution in [2.45, 2.75) is 13.8 Å². The molecule has 128 valence electrons. The number of hydrogen-bond acceptors (Lipinski definition) is 5. The summed E-state index contributed by atoms with van der Waals surface area (Å²) in [5.74, 6) is 1.16. The molecule has 5 nitrogen and oxygen atoms in total. The predicted molar refractivity (Wildman–Crippen MR) is 104 cm³/mol. The van der Waals surface area contributed by atoms with Gasteiger partial charge in [0.25, 0.3) is 0 Å². The fraction of sp³-hybridized carbons (Fsp3) is 0.0952. The summed E-state index contributed by atoms with van der Waals surface area (Å²) in [4.78, 5) is 9.31. The monoisotopic (exact) mass is 342 g/mol. The van der Waals surface area contributed by atoms with Crippen molar-refractivity contribution in [3.63, 3.8) is 0 Å². The standard InChI is InChI=1S/C21H18N4O/c1-14-10-11-17-18(13-14)22-21(23-20(17)16-7-4-3-5-8-16)25-24-15(2)19-9-6-12-26-19/h3-13H,1-2H3,(H,22,23,25)/b24-15-. The molecule has 4 rings (SSSR count). The molecule has 0 aliphatic heterocycles. The fourth-order valence-electron chi connectivity index (χ4n) is 2.78. The van der Waals surface area contributed by atoms with Crippen LogP contribution in [0.15, 0.2) is 76.4 Å². The van der Waals surface area contributed by atoms with Gasteiger partial charge in [-0.2, -0.15) is 5.10 Å². The molecule has 0 saturated heterocycles. The zero-order valence-electron chi connectivity index (χ0n) is 14.6. The second-order valence-electron chi connectivity index (χ2n) is 6.07. The van der Waals surface area contributed by atoms with Crippen LogP contribution >= 0.6 is 0 Å². The van der Waals surface area contributed by atoms with Crippen LogP contribution in [-0.4, -0.2) is 15.7 Å². The average Bonchev–Trinajstić information content (AvgIpc) is 3.21. The Bertz CT molecular complexity index is 1070. The number of rotatable bonds is 4. The summed E-state index contributed by atoms with van der Waals surface area (Å²) >= 11 is 0. The van der Waals surface area contributed by atoms with Gasteiger partial charge in [-0.3, -0.25) is 0 Å². The Hall–Kier alpha value is -3.47. The molecular formula is C21H18N4O. The van der Waals surface area contributed by atoms with Gasteiger partial charge in [0.15, 0.2) is 0 Å². The zero-order chi connectivity index (χ0) is 17.9. The van der Waals surface area contributed by atoms with Crippen LogP contribution in [0.3, 0.4) is 0 Å². The van der Waals surface area contributed by atoms with Crippen LogP contribution in [0.5, 0.6) is 0 Å². The Morgan fingerprint density at radius 2 is 1.85 bits per heavy atom. The van der Waals surface area contributed by atoms with E-state index in [0.717, 1.165) is 33.4 Å². The zero-order valence-corrected chi connectivity index (χ0v) is 14.6. The van der Waals surface area contributed by atoms with E-state index in [0.29, 0.717) is 11.7 Å². The molecule has 2 heterocycles. The van der Waals surface area contributed by atoms with Crippen LogP contribution in [0.4, 0.5) is 5.95 Å². The molecule has 0 aliphatic carbocycles. The summed E-state index contributed by atoms with van der Waals surface area (Å²) in [5, 5.41) is 5.36. The lowest BCUT2D eigenvalue weighted by Crippen LogP contribution is -2.03. The predicted octanol–water partition coefficient (Wildman–Crippen LogP) is 5.03. The summed E-state index contributed by atoms with van der Waals surface area (Å²) in [5.41, 5.74) is 7.64. The van der Waals surface area contributed by atoms with Gasteiger partial charge in [-0.1, -0.05) is 42.5 Å². The highest BCUT2D eigenvalue weighted by atomic mass is 16.3. The molecule has 0 spiro atoms. The lowest BCUT2D eigenvalue weighted by atomic mass is 10.1. The van der Waals surface area contributed by atoms with Crippen molar-refractivity contribution < 1.29 is 4.42 Å². The van der Waals surface area contributed by atoms with E-state index in [-0.39, 0.29) is 0 Å². The number of fused-ring (bicyclic) bond motifs is 1. The first-order chi connectivity index (χ1) is 12.7. The molecular weight excluding hydrogens is 324 g/mol. The Labute approximate surface area is 151 Å². The minimum absolute atomic E-state index is 0.452. The van der Waals surface area contributed by atoms with Gasteiger partial charge in [0.2, 0.25) is 5.95 Å². The van der Waals surface area contributed by atoms with E-state index in [1.165, 1.54) is 0 Å². The van der Waals surface area contributed by atoms with Crippen molar-refractivity contribution in [3.05, 3.63) is 78.3 Å². The van der Waals surface area contributed by atoms with E-state index in [9.17, 15) is 0 Å². The molecule has 5 heteroatoms. The number of hydrazone groups is 1. The van der Waals surface area contributed by atoms with E-state index in [4.69, 9.17) is 9.40 Å². The second kappa shape index (κ2) is 6.80. The quantitative estimate of drug-likeness (QED) is 0.417. The summed E-state index contributed by atoms with van der Waals surface area (Å²) in [6.07, 6.45) is 1.62. The largest absolute Gasteiger partial charge is 0.463 e. The number of aromatic nitrogens is 2. The van der Waals surface area contributed by atoms with Crippen LogP contribution in [-0.2, 0) is 0 Å². The first-order valence-electron chi connectivity index (χ1n) is 8.39. The molecule has 0 radical (unpaired) electrons. The van der Waals surface area contributed by atoms with E-state index in [1.807, 2.05) is 49.4 Å². The fourth-order valence-corrected chi connectivity index (χ4v) is 2.78. The molecule has 0 bridgehead atoms. The number of nitrogens with zero attached hydrogens (tertiary/aromatic N) is 3. The van der Waals surface area contributed by atoms with Crippen LogP contribution in [0.25, 0.3) is 22.2 Å². The highest BCUT2D eigenvalue weighted by Gasteiger charge is 2.10. The van der Waals surface area contributed by atoms with Crippen molar-refractivity contribution in [2.24, 2.45) is 5.10 Å². The molecule has 2 aromatic carbocycles. The van der Waals surface area contributed by atoms with E-state index < -0.39 is 0 Å². The maximum atomic E-state index is 5.35. The Balaban J connectivity index is 1.79. The molecule has 0 unspecified atom stereocenters. The van der Waals surface area contributed by atoms with Gasteiger partial charge >= 0.3 is 0 Å². The first kappa shape index (κ1) is 16.0. The normalized spacial score (nSPS) is 11.7. The molecule has 0 saturated carbocycles. The molecule has 0 fully saturated rings. The maximum absolute atomic E-state index is 5.35. The van der Waals surface area contributed by atoms with E-state index in [1.54, 1.807) is 6.26 Å². The van der Waals surface area contributed by atoms with Gasteiger partial charge in [0, 0.05) is 10.9 Å². The molecule has 26 heavy (non-hydrogen) atoms. The third-order valence-corrected chi connectivity index (χ3v) is 4.10. The highest BCUT2D eigenvalue weighted by Crippen LogP contribution is 2.27. The average molecular weight is 342 g/mol. The van der Waals surface area contributed by atoms with Crippen LogP contribution in [0.1, 0.15) is 18.2 Å². The van der Waals surface area contributed by atoms with Crippen molar-refractivity contribution in [3.8, 4) is 11.3 Å². The van der Waals surface area contributed by atoms with Gasteiger partial charge in [-0.05, 0) is 37.6 Å². The molecule has 0 atom stereocenters. The van der Waals surface area contributed by atoms with Gasteiger partial charge in [-0.25, -0.2) is 15.4 Å². The molecule has 4 aromatic rings. The lowest BCUT2D eigenvalue weighted by molar-refractivity contribution is 0.557. The van der Waals surface area contributed by atoms with Gasteiger partial charge in [0.1, 0.15) is 11.5 Å². The second-order valence-corrected chi connectivity index (χ2v) is 6.07. The van der Waals surface area contributed by atoms with Gasteiger partial charge < -0.3 is 4.42 Å². The minimum Gasteiger partial charge on any atom is -0.463 e. The minimum atomic E-state index is 0.452. The smallest absolute Gasteiger partial charge is 0.244 e. The van der Waals surface area contributed by atoms with E-state index in [2.05, 4.69) is 40.6 Å². The molecule has 0 aliphatic rings. The highest BCUT2D eigenvalue weighted by molar-refractivity contribution is 5.97. The molecule has 1 N–H and O–H groups in total. The maximum Gasteiger partial charge on any atom is 0.244 e. The summed E-state index contributed by atoms with van der Waals surface area (Å²) < 4.78 is 5.35. The van der Waals surface area contributed by atoms with Crippen molar-refractivity contribution in [1.82, 2.24) is 9.97 Å². The lowest BCUT2D eigenvalue weighted by Gasteiger charge is -2.09. The van der Waals surface area contributed by atoms with Crippen LogP contribution in [0.2, 0.25) is 0 Å². The SMILES string of the molecule is C/C(=N/Nc1nc(-c2ccccc2)c2ccc(C)cc2n1)c1ccco1. The molecule has 0 amide bonds. The first-order valence-corrected chi connectivity index (χ1v) is 8.39. The molecule has 2 aromatic heterocycles. The Morgan fingerprint density at radius 3 is 2.62 bits per heavy atom. The Morgan fingerprint density at radius 1 is 1.00 bits per heavy atom. The Kier molecular flexibility index (Phi) is 4.19. The third kappa shape index (κ3) is 3.19. The summed E-state index contributed by atoms with van der Waals surface area (Å²) in [6, 6.07) is 20.0. The van der Waals surface area contributed by atoms with Gasteiger partial charge in [-0.15, -0.1) is 0 Å². The number of aryl methyl sites for hydroxylation is 1. The number of benzene rings is 2. The summed E-state index contributed by atoms with van der Waals surface area (Å²) in [6.45, 7) is 3.92. The number of nitrogens with one attached hydrogen (secondary N) is 1. The van der Waals surface area contributed by atoms with Crippen molar-refractivity contribution in [1.29, 1.82) is 0 Å². The van der Waals surface area contributed by atoms with Crippen LogP contribution in [0, 0.1) is 6.92 Å². The third-order valence-electron chi connectivity index (χ3n) is 4.10. The topological polar surface area (TPSA) is 63.3 Å². The number of hydrogen-bond donors (Lipinski definition) is 1. The van der Waals surface area contributed by atoms with Crippen molar-refractivity contribution >= 4 is 22.6 Å². The van der Waals surface area contributed by atoms with Crippen LogP contribution < -0.4 is 5.43 Å². The van der Waals surface area contributed by atoms with Gasteiger partial charge in [0.05, 0.1) is 17.5 Å². The van der Waals surface area contributed by atoms with Crippen molar-refractivity contribution in [2.75, 3.05) is 5.43 Å². The number of furan rings is 1.